The molecule has 0 saturated carbocycles. The van der Waals surface area contributed by atoms with E-state index in [2.05, 4.69) is 0 Å². The van der Waals surface area contributed by atoms with Crippen LogP contribution in [0.3, 0.4) is 0 Å². The molecule has 9 heteroatoms. The number of nitro groups is 2. The molecule has 1 aromatic carbocycles. The molecule has 0 atom stereocenters. The Balaban J connectivity index is 2.51. The number of hydrogen-bond acceptors (Lipinski definition) is 5. The average Bonchev–Trinajstić information content (AvgIpc) is 2.65. The van der Waals surface area contributed by atoms with E-state index in [4.69, 9.17) is 0 Å². The normalized spacial score (nSPS) is 10.4. The Morgan fingerprint density at radius 1 is 1.11 bits per heavy atom. The van der Waals surface area contributed by atoms with Crippen molar-refractivity contribution < 1.29 is 14.7 Å². The van der Waals surface area contributed by atoms with Gasteiger partial charge in [-0.15, -0.1) is 4.68 Å². The van der Waals surface area contributed by atoms with Crippen LogP contribution in [0.15, 0.2) is 30.5 Å². The van der Waals surface area contributed by atoms with Gasteiger partial charge in [0.05, 0.1) is 11.1 Å². The molecule has 19 heavy (non-hydrogen) atoms. The van der Waals surface area contributed by atoms with Gasteiger partial charge in [-0.05, 0) is 23.9 Å². The van der Waals surface area contributed by atoms with Gasteiger partial charge in [0, 0.05) is 12.1 Å². The van der Waals surface area contributed by atoms with E-state index in [1.807, 2.05) is 0 Å². The summed E-state index contributed by atoms with van der Waals surface area (Å²) in [5.74, 6) is -0.571. The molecule has 0 bridgehead atoms. The number of non-ortho nitro benzene ring substituents is 1. The number of rotatable bonds is 3. The first-order valence-corrected chi connectivity index (χ1v) is 5.13. The number of hydrogen-bond donors (Lipinski definition) is 0. The van der Waals surface area contributed by atoms with Crippen LogP contribution in [-0.4, -0.2) is 14.5 Å². The van der Waals surface area contributed by atoms with Crippen LogP contribution in [-0.2, 0) is 0 Å². The van der Waals surface area contributed by atoms with Crippen molar-refractivity contribution in [3.8, 4) is 5.69 Å². The summed E-state index contributed by atoms with van der Waals surface area (Å²) in [5.41, 5.74) is 0.384. The van der Waals surface area contributed by atoms with Crippen molar-refractivity contribution in [3.63, 3.8) is 0 Å². The maximum atomic E-state index is 11.8. The summed E-state index contributed by atoms with van der Waals surface area (Å²) in [7, 11) is 0. The first-order valence-electron chi connectivity index (χ1n) is 5.13. The van der Waals surface area contributed by atoms with E-state index < -0.39 is 15.7 Å². The summed E-state index contributed by atoms with van der Waals surface area (Å²) in [4.78, 5) is 20.0. The van der Waals surface area contributed by atoms with Crippen LogP contribution >= 0.6 is 0 Å². The number of nitro benzene ring substituents is 1. The van der Waals surface area contributed by atoms with Crippen molar-refractivity contribution in [2.45, 2.75) is 6.92 Å². The lowest BCUT2D eigenvalue weighted by atomic mass is 10.3. The number of benzene rings is 1. The van der Waals surface area contributed by atoms with Crippen LogP contribution in [0.25, 0.3) is 5.69 Å². The molecular weight excluding hydrogens is 256 g/mol. The third kappa shape index (κ3) is 2.08. The summed E-state index contributed by atoms with van der Waals surface area (Å²) in [6, 6.07) is 5.12. The van der Waals surface area contributed by atoms with Crippen LogP contribution < -0.4 is 4.85 Å². The van der Waals surface area contributed by atoms with Crippen LogP contribution in [0, 0.1) is 32.4 Å². The molecule has 0 radical (unpaired) electrons. The Morgan fingerprint density at radius 3 is 2.11 bits per heavy atom. The van der Waals surface area contributed by atoms with Gasteiger partial charge in [0.15, 0.2) is 0 Å². The van der Waals surface area contributed by atoms with Gasteiger partial charge in [0.1, 0.15) is 16.2 Å². The topological polar surface area (TPSA) is 118 Å². The molecule has 0 aliphatic heterocycles. The first-order chi connectivity index (χ1) is 8.91. The van der Waals surface area contributed by atoms with Crippen LogP contribution in [0.1, 0.15) is 5.56 Å². The molecule has 0 N–H and O–H groups in total. The van der Waals surface area contributed by atoms with Crippen molar-refractivity contribution in [2.24, 2.45) is 0 Å². The Labute approximate surface area is 106 Å². The van der Waals surface area contributed by atoms with Gasteiger partial charge in [-0.25, -0.2) is 0 Å². The summed E-state index contributed by atoms with van der Waals surface area (Å²) in [5, 5.41) is 33.0. The standard InChI is InChI=1S/C10H8N4O5/c1-7-6-11(12(15)10(7)14(18)19)8-2-4-9(5-3-8)13(16)17/h2-6H,1H3. The third-order valence-corrected chi connectivity index (χ3v) is 2.54. The molecular formula is C10H8N4O5. The van der Waals surface area contributed by atoms with Crippen molar-refractivity contribution in [3.05, 3.63) is 61.5 Å². The van der Waals surface area contributed by atoms with E-state index in [0.717, 1.165) is 4.68 Å². The minimum Gasteiger partial charge on any atom is -0.591 e. The fourth-order valence-corrected chi connectivity index (χ4v) is 1.67. The SMILES string of the molecule is Cc1cn(-c2ccc([N+](=O)[O-])cc2)[n+]([O-])c1[N+](=O)[O-]. The molecule has 1 heterocycles. The monoisotopic (exact) mass is 264 g/mol. The van der Waals surface area contributed by atoms with Crippen LogP contribution in [0.5, 0.6) is 0 Å². The largest absolute Gasteiger partial charge is 0.591 e. The van der Waals surface area contributed by atoms with Crippen molar-refractivity contribution in [1.82, 2.24) is 4.68 Å². The van der Waals surface area contributed by atoms with Crippen molar-refractivity contribution in [2.75, 3.05) is 0 Å². The Bertz CT molecular complexity index is 661. The zero-order valence-corrected chi connectivity index (χ0v) is 9.72. The Morgan fingerprint density at radius 2 is 1.68 bits per heavy atom. The molecule has 9 nitrogen and oxygen atoms in total. The molecule has 0 saturated heterocycles. The second kappa shape index (κ2) is 4.37. The van der Waals surface area contributed by atoms with Crippen molar-refractivity contribution >= 4 is 11.5 Å². The molecule has 0 fully saturated rings. The third-order valence-electron chi connectivity index (χ3n) is 2.54. The van der Waals surface area contributed by atoms with Gasteiger partial charge in [-0.3, -0.25) is 20.2 Å². The molecule has 2 rings (SSSR count). The maximum Gasteiger partial charge on any atom is 0.541 e. The second-order valence-corrected chi connectivity index (χ2v) is 3.78. The minimum absolute atomic E-state index is 0.125. The number of aryl methyl sites for hydroxylation is 1. The van der Waals surface area contributed by atoms with Gasteiger partial charge in [0.2, 0.25) is 0 Å². The van der Waals surface area contributed by atoms with Gasteiger partial charge in [0.25, 0.3) is 5.69 Å². The van der Waals surface area contributed by atoms with Gasteiger partial charge < -0.3 is 5.21 Å². The molecule has 1 aromatic heterocycles. The fraction of sp³-hybridized carbons (Fsp3) is 0.100. The quantitative estimate of drug-likeness (QED) is 0.357. The second-order valence-electron chi connectivity index (χ2n) is 3.78. The lowest BCUT2D eigenvalue weighted by Gasteiger charge is -2.01. The van der Waals surface area contributed by atoms with E-state index in [-0.39, 0.29) is 16.1 Å². The molecule has 0 unspecified atom stereocenters. The van der Waals surface area contributed by atoms with E-state index in [0.29, 0.717) is 5.69 Å². The van der Waals surface area contributed by atoms with E-state index in [9.17, 15) is 25.4 Å². The van der Waals surface area contributed by atoms with E-state index in [1.54, 1.807) is 0 Å². The van der Waals surface area contributed by atoms with Gasteiger partial charge in [-0.1, -0.05) is 0 Å². The highest BCUT2D eigenvalue weighted by Crippen LogP contribution is 2.18. The Hall–Kier alpha value is -2.97. The zero-order chi connectivity index (χ0) is 14.2. The highest BCUT2D eigenvalue weighted by atomic mass is 16.6. The van der Waals surface area contributed by atoms with Crippen LogP contribution in [0.4, 0.5) is 11.5 Å². The maximum absolute atomic E-state index is 11.8. The number of nitrogens with zero attached hydrogens (tertiary/aromatic N) is 4. The molecule has 0 aliphatic carbocycles. The Kier molecular flexibility index (Phi) is 2.87. The molecule has 98 valence electrons. The zero-order valence-electron chi connectivity index (χ0n) is 9.72. The summed E-state index contributed by atoms with van der Waals surface area (Å²) in [6.07, 6.45) is 1.30. The minimum atomic E-state index is -0.774. The molecule has 2 aromatic rings. The van der Waals surface area contributed by atoms with E-state index in [1.165, 1.54) is 37.4 Å². The lowest BCUT2D eigenvalue weighted by Crippen LogP contribution is -2.37. The lowest BCUT2D eigenvalue weighted by molar-refractivity contribution is -0.724. The fourth-order valence-electron chi connectivity index (χ4n) is 1.67. The van der Waals surface area contributed by atoms with Gasteiger partial charge in [-0.2, -0.15) is 0 Å². The smallest absolute Gasteiger partial charge is 0.541 e. The summed E-state index contributed by atoms with van der Waals surface area (Å²) < 4.78 is 1.01. The number of aromatic nitrogens is 2. The first kappa shape index (κ1) is 12.5. The predicted molar refractivity (Wildman–Crippen MR) is 62.8 cm³/mol. The summed E-state index contributed by atoms with van der Waals surface area (Å²) in [6.45, 7) is 1.44. The van der Waals surface area contributed by atoms with Gasteiger partial charge >= 0.3 is 5.82 Å². The molecule has 0 amide bonds. The van der Waals surface area contributed by atoms with Crippen molar-refractivity contribution in [1.29, 1.82) is 0 Å². The highest BCUT2D eigenvalue weighted by Gasteiger charge is 2.29. The summed E-state index contributed by atoms with van der Waals surface area (Å²) >= 11 is 0. The van der Waals surface area contributed by atoms with E-state index >= 15 is 0 Å². The highest BCUT2D eigenvalue weighted by molar-refractivity contribution is 5.40. The van der Waals surface area contributed by atoms with Crippen LogP contribution in [0.2, 0.25) is 0 Å². The molecule has 0 aliphatic rings. The predicted octanol–water partition coefficient (Wildman–Crippen LogP) is 1.24. The average molecular weight is 264 g/mol. The molecule has 0 spiro atoms.